The summed E-state index contributed by atoms with van der Waals surface area (Å²) in [6, 6.07) is 0. The maximum Gasteiger partial charge on any atom is 0.339 e. The second-order valence-electron chi connectivity index (χ2n) is 4.63. The molecular weight excluding hydrogens is 232 g/mol. The van der Waals surface area contributed by atoms with E-state index in [4.69, 9.17) is 9.84 Å². The fraction of sp³-hybridized carbons (Fsp3) is 0.615. The molecule has 0 aliphatic heterocycles. The van der Waals surface area contributed by atoms with Crippen molar-refractivity contribution in [1.29, 1.82) is 0 Å². The topological polar surface area (TPSA) is 72.3 Å². The number of aromatic nitrogens is 2. The molecule has 1 aromatic heterocycles. The molecule has 1 aromatic rings. The van der Waals surface area contributed by atoms with Gasteiger partial charge >= 0.3 is 5.97 Å². The maximum atomic E-state index is 10.9. The van der Waals surface area contributed by atoms with E-state index in [0.717, 1.165) is 25.7 Å². The summed E-state index contributed by atoms with van der Waals surface area (Å²) in [5.41, 5.74) is 0.248. The van der Waals surface area contributed by atoms with Gasteiger partial charge in [-0.2, -0.15) is 0 Å². The summed E-state index contributed by atoms with van der Waals surface area (Å²) in [5, 5.41) is 8.98. The van der Waals surface area contributed by atoms with Crippen molar-refractivity contribution in [2.75, 3.05) is 6.61 Å². The number of ether oxygens (including phenoxy) is 1. The molecule has 1 fully saturated rings. The minimum Gasteiger partial charge on any atom is -0.478 e. The Kier molecular flexibility index (Phi) is 3.61. The Labute approximate surface area is 106 Å². The number of carbonyl (C=O) groups is 1. The third-order valence-electron chi connectivity index (χ3n) is 3.45. The monoisotopic (exact) mass is 250 g/mol. The van der Waals surface area contributed by atoms with E-state index >= 15 is 0 Å². The lowest BCUT2D eigenvalue weighted by atomic mass is 10.0. The van der Waals surface area contributed by atoms with Crippen molar-refractivity contribution in [3.8, 4) is 0 Å². The van der Waals surface area contributed by atoms with Crippen LogP contribution in [0.2, 0.25) is 0 Å². The number of rotatable bonds is 4. The molecule has 98 valence electrons. The third-order valence-corrected chi connectivity index (χ3v) is 3.45. The summed E-state index contributed by atoms with van der Waals surface area (Å²) in [7, 11) is 0. The summed E-state index contributed by atoms with van der Waals surface area (Å²) in [6.45, 7) is 4.27. The van der Waals surface area contributed by atoms with E-state index in [9.17, 15) is 4.79 Å². The molecule has 0 radical (unpaired) electrons. The van der Waals surface area contributed by atoms with E-state index in [1.807, 2.05) is 6.92 Å². The molecule has 5 nitrogen and oxygen atoms in total. The maximum absolute atomic E-state index is 10.9. The number of nitrogens with zero attached hydrogens (tertiary/aromatic N) is 2. The first kappa shape index (κ1) is 13.0. The standard InChI is InChI=1S/C13H18N2O3/c1-3-18-13(6-4-5-7-13)12-14-8-10(11(16)17)9(2)15-12/h8H,3-7H2,1-2H3,(H,16,17). The normalized spacial score (nSPS) is 17.9. The number of aryl methyl sites for hydroxylation is 1. The summed E-state index contributed by atoms with van der Waals surface area (Å²) in [4.78, 5) is 19.5. The smallest absolute Gasteiger partial charge is 0.339 e. The molecule has 2 rings (SSSR count). The largest absolute Gasteiger partial charge is 0.478 e. The first-order valence-electron chi connectivity index (χ1n) is 6.30. The van der Waals surface area contributed by atoms with Crippen molar-refractivity contribution in [3.63, 3.8) is 0 Å². The van der Waals surface area contributed by atoms with E-state index in [-0.39, 0.29) is 5.56 Å². The van der Waals surface area contributed by atoms with Crippen LogP contribution < -0.4 is 0 Å². The van der Waals surface area contributed by atoms with Gasteiger partial charge in [-0.1, -0.05) is 0 Å². The van der Waals surface area contributed by atoms with Crippen LogP contribution in [0.25, 0.3) is 0 Å². The molecule has 0 spiro atoms. The quantitative estimate of drug-likeness (QED) is 0.887. The van der Waals surface area contributed by atoms with Gasteiger partial charge in [-0.05, 0) is 39.5 Å². The summed E-state index contributed by atoms with van der Waals surface area (Å²) in [6.07, 6.45) is 5.41. The van der Waals surface area contributed by atoms with Crippen molar-refractivity contribution in [3.05, 3.63) is 23.3 Å². The van der Waals surface area contributed by atoms with Crippen LogP contribution >= 0.6 is 0 Å². The second-order valence-corrected chi connectivity index (χ2v) is 4.63. The van der Waals surface area contributed by atoms with Gasteiger partial charge in [0.05, 0.1) is 11.3 Å². The van der Waals surface area contributed by atoms with Crippen LogP contribution in [0.3, 0.4) is 0 Å². The molecule has 1 heterocycles. The number of carboxylic acids is 1. The van der Waals surface area contributed by atoms with Crippen LogP contribution in [-0.4, -0.2) is 27.7 Å². The highest BCUT2D eigenvalue weighted by atomic mass is 16.5. The average Bonchev–Trinajstić information content (AvgIpc) is 2.78. The summed E-state index contributed by atoms with van der Waals surface area (Å²) in [5.74, 6) is -0.361. The van der Waals surface area contributed by atoms with E-state index < -0.39 is 11.6 Å². The van der Waals surface area contributed by atoms with Crippen LogP contribution in [0.1, 0.15) is 54.5 Å². The zero-order valence-electron chi connectivity index (χ0n) is 10.8. The van der Waals surface area contributed by atoms with Crippen molar-refractivity contribution in [1.82, 2.24) is 9.97 Å². The second kappa shape index (κ2) is 5.02. The van der Waals surface area contributed by atoms with Gasteiger partial charge in [0.1, 0.15) is 5.60 Å². The lowest BCUT2D eigenvalue weighted by molar-refractivity contribution is -0.0458. The van der Waals surface area contributed by atoms with Gasteiger partial charge < -0.3 is 9.84 Å². The predicted molar refractivity (Wildman–Crippen MR) is 65.5 cm³/mol. The zero-order chi connectivity index (χ0) is 13.2. The van der Waals surface area contributed by atoms with Crippen LogP contribution in [0, 0.1) is 6.92 Å². The molecule has 1 N–H and O–H groups in total. The third kappa shape index (κ3) is 2.22. The fourth-order valence-corrected chi connectivity index (χ4v) is 2.55. The van der Waals surface area contributed by atoms with Crippen LogP contribution in [0.15, 0.2) is 6.20 Å². The molecule has 0 unspecified atom stereocenters. The molecule has 0 atom stereocenters. The van der Waals surface area contributed by atoms with Crippen molar-refractivity contribution in [2.24, 2.45) is 0 Å². The molecule has 0 aromatic carbocycles. The van der Waals surface area contributed by atoms with Crippen LogP contribution in [0.5, 0.6) is 0 Å². The SMILES string of the molecule is CCOC1(c2ncc(C(=O)O)c(C)n2)CCCC1. The Hall–Kier alpha value is -1.49. The number of aromatic carboxylic acids is 1. The van der Waals surface area contributed by atoms with Gasteiger partial charge in [-0.15, -0.1) is 0 Å². The van der Waals surface area contributed by atoms with E-state index in [2.05, 4.69) is 9.97 Å². The fourth-order valence-electron chi connectivity index (χ4n) is 2.55. The predicted octanol–water partition coefficient (Wildman–Crippen LogP) is 2.29. The molecule has 1 saturated carbocycles. The van der Waals surface area contributed by atoms with Crippen molar-refractivity contribution >= 4 is 5.97 Å². The average molecular weight is 250 g/mol. The van der Waals surface area contributed by atoms with Crippen LogP contribution in [0.4, 0.5) is 0 Å². The Morgan fingerprint density at radius 1 is 1.50 bits per heavy atom. The lowest BCUT2D eigenvalue weighted by Gasteiger charge is -2.27. The highest BCUT2D eigenvalue weighted by Crippen LogP contribution is 2.40. The number of carboxylic acid groups (broad SMARTS) is 1. The molecule has 5 heteroatoms. The van der Waals surface area contributed by atoms with Crippen molar-refractivity contribution < 1.29 is 14.6 Å². The summed E-state index contributed by atoms with van der Waals surface area (Å²) >= 11 is 0. The Balaban J connectivity index is 2.37. The van der Waals surface area contributed by atoms with Gasteiger partial charge in [0.15, 0.2) is 5.82 Å². The Bertz CT molecular complexity index is 454. The molecular formula is C13H18N2O3. The minimum atomic E-state index is -0.990. The van der Waals surface area contributed by atoms with Gasteiger partial charge in [0.2, 0.25) is 0 Å². The lowest BCUT2D eigenvalue weighted by Crippen LogP contribution is -2.29. The minimum absolute atomic E-state index is 0.156. The number of hydrogen-bond donors (Lipinski definition) is 1. The zero-order valence-corrected chi connectivity index (χ0v) is 10.8. The van der Waals surface area contributed by atoms with Gasteiger partial charge in [0, 0.05) is 12.8 Å². The molecule has 0 saturated heterocycles. The van der Waals surface area contributed by atoms with Gasteiger partial charge in [-0.3, -0.25) is 0 Å². The van der Waals surface area contributed by atoms with Gasteiger partial charge in [0.25, 0.3) is 0 Å². The first-order valence-corrected chi connectivity index (χ1v) is 6.30. The highest BCUT2D eigenvalue weighted by molar-refractivity contribution is 5.88. The van der Waals surface area contributed by atoms with Gasteiger partial charge in [-0.25, -0.2) is 14.8 Å². The van der Waals surface area contributed by atoms with Crippen molar-refractivity contribution in [2.45, 2.75) is 45.1 Å². The van der Waals surface area contributed by atoms with Crippen LogP contribution in [-0.2, 0) is 10.3 Å². The molecule has 0 amide bonds. The van der Waals surface area contributed by atoms with E-state index in [1.54, 1.807) is 6.92 Å². The molecule has 0 bridgehead atoms. The Morgan fingerprint density at radius 2 is 2.17 bits per heavy atom. The Morgan fingerprint density at radius 3 is 2.67 bits per heavy atom. The molecule has 1 aliphatic carbocycles. The highest BCUT2D eigenvalue weighted by Gasteiger charge is 2.39. The summed E-state index contributed by atoms with van der Waals surface area (Å²) < 4.78 is 5.86. The molecule has 1 aliphatic rings. The van der Waals surface area contributed by atoms with E-state index in [0.29, 0.717) is 18.1 Å². The molecule has 18 heavy (non-hydrogen) atoms. The first-order chi connectivity index (χ1) is 8.59. The van der Waals surface area contributed by atoms with E-state index in [1.165, 1.54) is 6.20 Å². The number of hydrogen-bond acceptors (Lipinski definition) is 4.